The quantitative estimate of drug-likeness (QED) is 0.455. The van der Waals surface area contributed by atoms with E-state index in [2.05, 4.69) is 0 Å². The lowest BCUT2D eigenvalue weighted by Crippen LogP contribution is -2.47. The number of aliphatic hydroxyl groups excluding tert-OH is 1. The Labute approximate surface area is 73.0 Å². The van der Waals surface area contributed by atoms with Crippen LogP contribution in [0.2, 0.25) is 0 Å². The highest BCUT2D eigenvalue weighted by Crippen LogP contribution is 2.45. The van der Waals surface area contributed by atoms with E-state index in [1.165, 1.54) is 0 Å². The van der Waals surface area contributed by atoms with E-state index in [1.807, 2.05) is 11.7 Å². The third kappa shape index (κ3) is 0.881. The smallest absolute Gasteiger partial charge is 0.294 e. The second-order valence-corrected chi connectivity index (χ2v) is 3.99. The highest BCUT2D eigenvalue weighted by Gasteiger charge is 2.53. The van der Waals surface area contributed by atoms with Gasteiger partial charge < -0.3 is 14.7 Å². The molecule has 2 saturated heterocycles. The highest BCUT2D eigenvalue weighted by molar-refractivity contribution is 6.64. The van der Waals surface area contributed by atoms with Crippen molar-refractivity contribution in [3.8, 4) is 0 Å². The number of hydrogen-bond acceptors (Lipinski definition) is 3. The molecule has 3 unspecified atom stereocenters. The molecule has 3 atom stereocenters. The van der Waals surface area contributed by atoms with Gasteiger partial charge in [0.1, 0.15) is 0 Å². The van der Waals surface area contributed by atoms with Crippen molar-refractivity contribution in [2.45, 2.75) is 43.9 Å². The van der Waals surface area contributed by atoms with Crippen molar-refractivity contribution >= 4 is 13.6 Å². The Bertz CT molecular complexity index is 211. The number of carbonyl (C=O) groups is 1. The van der Waals surface area contributed by atoms with Crippen LogP contribution in [0, 0.1) is 0 Å². The van der Waals surface area contributed by atoms with E-state index >= 15 is 0 Å². The van der Waals surface area contributed by atoms with Crippen LogP contribution in [0.5, 0.6) is 0 Å². The standard InChI is InChI=1S/C8H13BNO2/c1-8-3-2-6(4-7(8)12)10(8)9-5-11/h5-7,12H,2-4H2,1H3. The molecule has 0 aromatic rings. The van der Waals surface area contributed by atoms with Gasteiger partial charge in [0.15, 0.2) is 0 Å². The molecule has 2 bridgehead atoms. The summed E-state index contributed by atoms with van der Waals surface area (Å²) >= 11 is 0. The molecule has 12 heavy (non-hydrogen) atoms. The molecular formula is C8H13BNO2. The number of rotatable bonds is 2. The molecule has 2 rings (SSSR count). The SMILES string of the molecule is CC12CCC(CC1O)N2[B]C=O. The number of aliphatic hydroxyl groups is 1. The first-order valence-electron chi connectivity index (χ1n) is 4.43. The fourth-order valence-corrected chi connectivity index (χ4v) is 2.58. The highest BCUT2D eigenvalue weighted by atomic mass is 16.3. The summed E-state index contributed by atoms with van der Waals surface area (Å²) in [6, 6.07) is 0.398. The monoisotopic (exact) mass is 166 g/mol. The molecule has 0 aliphatic carbocycles. The van der Waals surface area contributed by atoms with Gasteiger partial charge in [0.25, 0.3) is 7.41 Å². The number of hydrogen-bond donors (Lipinski definition) is 1. The van der Waals surface area contributed by atoms with Crippen molar-refractivity contribution < 1.29 is 9.90 Å². The van der Waals surface area contributed by atoms with Crippen LogP contribution in [0.1, 0.15) is 26.2 Å². The van der Waals surface area contributed by atoms with Crippen LogP contribution in [-0.4, -0.2) is 41.2 Å². The maximum atomic E-state index is 10.3. The molecule has 4 heteroatoms. The minimum Gasteiger partial charge on any atom is -0.391 e. The first kappa shape index (κ1) is 8.26. The van der Waals surface area contributed by atoms with Gasteiger partial charge in [-0.1, -0.05) is 0 Å². The fourth-order valence-electron chi connectivity index (χ4n) is 2.58. The molecule has 1 N–H and O–H groups in total. The molecule has 2 aliphatic heterocycles. The van der Waals surface area contributed by atoms with E-state index in [-0.39, 0.29) is 11.6 Å². The zero-order chi connectivity index (χ0) is 8.77. The Morgan fingerprint density at radius 1 is 1.75 bits per heavy atom. The lowest BCUT2D eigenvalue weighted by atomic mass is 9.84. The number of carbonyl (C=O) groups excluding carboxylic acids is 1. The van der Waals surface area contributed by atoms with E-state index in [0.717, 1.165) is 25.4 Å². The van der Waals surface area contributed by atoms with Crippen LogP contribution >= 0.6 is 0 Å². The van der Waals surface area contributed by atoms with Crippen molar-refractivity contribution in [3.63, 3.8) is 0 Å². The Hall–Kier alpha value is -0.345. The third-order valence-corrected chi connectivity index (χ3v) is 3.40. The second kappa shape index (κ2) is 2.57. The van der Waals surface area contributed by atoms with Crippen molar-refractivity contribution in [2.24, 2.45) is 0 Å². The lowest BCUT2D eigenvalue weighted by molar-refractivity contribution is 0.0784. The predicted octanol–water partition coefficient (Wildman–Crippen LogP) is -0.217. The molecular weight excluding hydrogens is 153 g/mol. The molecule has 0 amide bonds. The average molecular weight is 166 g/mol. The summed E-state index contributed by atoms with van der Waals surface area (Å²) in [5.41, 5.74) is -0.161. The minimum absolute atomic E-state index is 0.161. The molecule has 2 aliphatic rings. The summed E-state index contributed by atoms with van der Waals surface area (Å²) < 4.78 is 0. The molecule has 0 spiro atoms. The predicted molar refractivity (Wildman–Crippen MR) is 46.4 cm³/mol. The van der Waals surface area contributed by atoms with Crippen LogP contribution in [0.25, 0.3) is 0 Å². The van der Waals surface area contributed by atoms with Gasteiger partial charge in [-0.3, -0.25) is 0 Å². The maximum absolute atomic E-state index is 10.3. The van der Waals surface area contributed by atoms with E-state index in [4.69, 9.17) is 0 Å². The van der Waals surface area contributed by atoms with Crippen molar-refractivity contribution in [3.05, 3.63) is 0 Å². The molecule has 1 radical (unpaired) electrons. The van der Waals surface area contributed by atoms with Gasteiger partial charge in [0.05, 0.1) is 12.3 Å². The summed E-state index contributed by atoms with van der Waals surface area (Å²) in [5, 5.41) is 9.70. The molecule has 0 aromatic carbocycles. The summed E-state index contributed by atoms with van der Waals surface area (Å²) in [6.07, 6.45) is 3.49. The molecule has 0 saturated carbocycles. The van der Waals surface area contributed by atoms with E-state index in [1.54, 1.807) is 7.41 Å². The van der Waals surface area contributed by atoms with Crippen molar-refractivity contribution in [2.75, 3.05) is 0 Å². The zero-order valence-electron chi connectivity index (χ0n) is 7.23. The van der Waals surface area contributed by atoms with Crippen molar-refractivity contribution in [1.82, 2.24) is 4.81 Å². The fraction of sp³-hybridized carbons (Fsp3) is 0.875. The van der Waals surface area contributed by atoms with Gasteiger partial charge in [-0.25, -0.2) is 0 Å². The Morgan fingerprint density at radius 2 is 2.50 bits per heavy atom. The topological polar surface area (TPSA) is 40.5 Å². The zero-order valence-corrected chi connectivity index (χ0v) is 7.23. The van der Waals surface area contributed by atoms with Crippen molar-refractivity contribution in [1.29, 1.82) is 0 Å². The van der Waals surface area contributed by atoms with Gasteiger partial charge in [-0.2, -0.15) is 0 Å². The first-order chi connectivity index (χ1) is 5.68. The summed E-state index contributed by atoms with van der Waals surface area (Å²) in [7, 11) is 1.58. The average Bonchev–Trinajstić information content (AvgIpc) is 2.43. The molecule has 0 aromatic heterocycles. The van der Waals surface area contributed by atoms with Gasteiger partial charge >= 0.3 is 0 Å². The number of nitrogens with zero attached hydrogens (tertiary/aromatic N) is 1. The van der Waals surface area contributed by atoms with E-state index in [9.17, 15) is 9.90 Å². The molecule has 65 valence electrons. The van der Waals surface area contributed by atoms with E-state index in [0.29, 0.717) is 6.04 Å². The lowest BCUT2D eigenvalue weighted by Gasteiger charge is -2.32. The van der Waals surface area contributed by atoms with Gasteiger partial charge in [0.2, 0.25) is 0 Å². The minimum atomic E-state index is -0.257. The summed E-state index contributed by atoms with van der Waals surface area (Å²) in [6.45, 7) is 2.03. The summed E-state index contributed by atoms with van der Waals surface area (Å²) in [5.74, 6) is 0. The molecule has 3 nitrogen and oxygen atoms in total. The van der Waals surface area contributed by atoms with Crippen LogP contribution in [0.4, 0.5) is 0 Å². The second-order valence-electron chi connectivity index (χ2n) is 3.99. The van der Waals surface area contributed by atoms with Crippen LogP contribution in [0.3, 0.4) is 0 Å². The van der Waals surface area contributed by atoms with Crippen LogP contribution in [-0.2, 0) is 4.79 Å². The Morgan fingerprint density at radius 3 is 2.92 bits per heavy atom. The van der Waals surface area contributed by atoms with E-state index < -0.39 is 0 Å². The third-order valence-electron chi connectivity index (χ3n) is 3.40. The largest absolute Gasteiger partial charge is 0.391 e. The number of fused-ring (bicyclic) bond motifs is 2. The van der Waals surface area contributed by atoms with Crippen LogP contribution in [0.15, 0.2) is 0 Å². The Kier molecular flexibility index (Phi) is 1.77. The van der Waals surface area contributed by atoms with Gasteiger partial charge in [0, 0.05) is 11.6 Å². The molecule has 2 fully saturated rings. The maximum Gasteiger partial charge on any atom is 0.294 e. The van der Waals surface area contributed by atoms with Gasteiger partial charge in [-0.15, -0.1) is 0 Å². The normalized spacial score (nSPS) is 46.5. The molecule has 2 heterocycles. The van der Waals surface area contributed by atoms with Crippen LogP contribution < -0.4 is 0 Å². The van der Waals surface area contributed by atoms with Gasteiger partial charge in [-0.05, 0) is 26.2 Å². The first-order valence-corrected chi connectivity index (χ1v) is 4.43. The Balaban J connectivity index is 2.20. The summed E-state index contributed by atoms with van der Waals surface area (Å²) in [4.78, 5) is 12.4.